The standard InChI is InChI=1S/C32H39FN2O12/c1-29-9-8-21(36)13-20(29)6-7-22-23-14-24(37)32(42,30(23,2)15-25(38)31(22,29)33)26(39)17-46-28(41)34-10-11-45-27(40)19-5-3-4-18(12-19)16-47-35(43)44/h3-5,8-9,12-13,22-25,37-38,42-44H,6-7,10-11,14-17H2,1-2H3,(H,34,41)/t22-,23-,24+,25-,29-,30-,31-,32?/m0/s1. The topological polar surface area (TPSA) is 212 Å². The minimum Gasteiger partial charge on any atom is -0.460 e. The zero-order valence-electron chi connectivity index (χ0n) is 25.9. The van der Waals surface area contributed by atoms with Gasteiger partial charge < -0.3 is 30.1 Å². The quantitative estimate of drug-likeness (QED) is 0.120. The lowest BCUT2D eigenvalue weighted by atomic mass is 9.44. The van der Waals surface area contributed by atoms with Gasteiger partial charge in [0.15, 0.2) is 23.7 Å². The lowest BCUT2D eigenvalue weighted by Crippen LogP contribution is -2.69. The van der Waals surface area contributed by atoms with E-state index in [2.05, 4.69) is 10.2 Å². The Morgan fingerprint density at radius 1 is 1.11 bits per heavy atom. The number of hydrogen-bond acceptors (Lipinski definition) is 13. The van der Waals surface area contributed by atoms with E-state index in [0.717, 1.165) is 0 Å². The summed E-state index contributed by atoms with van der Waals surface area (Å²) in [5, 5.41) is 53.4. The van der Waals surface area contributed by atoms with Crippen LogP contribution < -0.4 is 5.32 Å². The number of carbonyl (C=O) groups is 4. The van der Waals surface area contributed by atoms with Crippen LogP contribution in [0.5, 0.6) is 0 Å². The number of hydrogen-bond donors (Lipinski definition) is 6. The number of amides is 1. The first-order valence-electron chi connectivity index (χ1n) is 15.3. The molecule has 14 nitrogen and oxygen atoms in total. The fourth-order valence-electron chi connectivity index (χ4n) is 8.32. The predicted molar refractivity (Wildman–Crippen MR) is 156 cm³/mol. The molecule has 1 aromatic carbocycles. The number of carbonyl (C=O) groups excluding carboxylic acids is 4. The van der Waals surface area contributed by atoms with E-state index in [9.17, 15) is 34.5 Å². The summed E-state index contributed by atoms with van der Waals surface area (Å²) >= 11 is 0. The number of esters is 1. The second kappa shape index (κ2) is 12.8. The maximum Gasteiger partial charge on any atom is 0.407 e. The molecule has 4 aliphatic carbocycles. The fourth-order valence-corrected chi connectivity index (χ4v) is 8.32. The normalized spacial score (nSPS) is 35.8. The number of nitrogens with one attached hydrogen (secondary N) is 1. The van der Waals surface area contributed by atoms with Crippen molar-refractivity contribution in [2.24, 2.45) is 22.7 Å². The van der Waals surface area contributed by atoms with Gasteiger partial charge >= 0.3 is 12.1 Å². The van der Waals surface area contributed by atoms with E-state index in [4.69, 9.17) is 19.9 Å². The molecule has 5 rings (SSSR count). The second-order valence-electron chi connectivity index (χ2n) is 13.1. The molecule has 1 aromatic rings. The summed E-state index contributed by atoms with van der Waals surface area (Å²) in [7, 11) is 0. The Morgan fingerprint density at radius 3 is 2.57 bits per heavy atom. The van der Waals surface area contributed by atoms with Crippen LogP contribution in [0.15, 0.2) is 48.1 Å². The maximum atomic E-state index is 17.2. The van der Waals surface area contributed by atoms with E-state index < -0.39 is 76.0 Å². The highest BCUT2D eigenvalue weighted by Gasteiger charge is 2.76. The molecule has 6 N–H and O–H groups in total. The lowest BCUT2D eigenvalue weighted by molar-refractivity contribution is -0.497. The van der Waals surface area contributed by atoms with E-state index in [1.54, 1.807) is 13.0 Å². The summed E-state index contributed by atoms with van der Waals surface area (Å²) in [6.07, 6.45) is -0.0123. The van der Waals surface area contributed by atoms with E-state index in [0.29, 0.717) is 17.6 Å². The summed E-state index contributed by atoms with van der Waals surface area (Å²) in [6.45, 7) is 1.55. The van der Waals surface area contributed by atoms with Gasteiger partial charge in [-0.1, -0.05) is 30.7 Å². The van der Waals surface area contributed by atoms with E-state index >= 15 is 4.39 Å². The van der Waals surface area contributed by atoms with Crippen LogP contribution >= 0.6 is 0 Å². The molecule has 256 valence electrons. The van der Waals surface area contributed by atoms with Gasteiger partial charge in [-0.25, -0.2) is 18.8 Å². The third-order valence-corrected chi connectivity index (χ3v) is 10.7. The van der Waals surface area contributed by atoms with Crippen molar-refractivity contribution in [2.45, 2.75) is 69.6 Å². The highest BCUT2D eigenvalue weighted by Crippen LogP contribution is 2.69. The van der Waals surface area contributed by atoms with Crippen LogP contribution in [0, 0.1) is 22.7 Å². The Labute approximate surface area is 269 Å². The average Bonchev–Trinajstić information content (AvgIpc) is 3.23. The second-order valence-corrected chi connectivity index (χ2v) is 13.1. The van der Waals surface area contributed by atoms with Gasteiger partial charge in [0.2, 0.25) is 5.78 Å². The molecule has 0 aliphatic heterocycles. The van der Waals surface area contributed by atoms with Crippen molar-refractivity contribution in [1.82, 2.24) is 10.7 Å². The number of alkyl halides is 1. The molecular weight excluding hydrogens is 623 g/mol. The van der Waals surface area contributed by atoms with Gasteiger partial charge in [0, 0.05) is 16.7 Å². The van der Waals surface area contributed by atoms with Gasteiger partial charge in [0.05, 0.1) is 36.3 Å². The Balaban J connectivity index is 1.17. The molecule has 3 saturated carbocycles. The Hall–Kier alpha value is -3.57. The number of alkyl carbamates (subject to hydrolysis) is 1. The molecule has 3 fully saturated rings. The van der Waals surface area contributed by atoms with E-state index in [1.807, 2.05) is 0 Å². The first-order valence-corrected chi connectivity index (χ1v) is 15.3. The molecular formula is C32H39FN2O12. The predicted octanol–water partition coefficient (Wildman–Crippen LogP) is 1.72. The van der Waals surface area contributed by atoms with Gasteiger partial charge in [-0.3, -0.25) is 20.0 Å². The van der Waals surface area contributed by atoms with Gasteiger partial charge in [0.1, 0.15) is 6.61 Å². The van der Waals surface area contributed by atoms with Crippen molar-refractivity contribution in [3.8, 4) is 0 Å². The number of rotatable bonds is 10. The Morgan fingerprint density at radius 2 is 1.85 bits per heavy atom. The molecule has 1 amide bonds. The number of aliphatic hydroxyl groups is 3. The Kier molecular flexibility index (Phi) is 9.47. The van der Waals surface area contributed by atoms with Gasteiger partial charge in [0.25, 0.3) is 0 Å². The number of ketones is 2. The van der Waals surface area contributed by atoms with E-state index in [1.165, 1.54) is 43.4 Å². The molecule has 0 bridgehead atoms. The number of nitrogens with zero attached hydrogens (tertiary/aromatic N) is 1. The zero-order chi connectivity index (χ0) is 34.4. The molecule has 0 aromatic heterocycles. The molecule has 8 atom stereocenters. The van der Waals surface area contributed by atoms with Crippen molar-refractivity contribution in [3.63, 3.8) is 0 Å². The molecule has 15 heteroatoms. The summed E-state index contributed by atoms with van der Waals surface area (Å²) < 4.78 is 27.3. The van der Waals surface area contributed by atoms with Crippen LogP contribution in [0.25, 0.3) is 0 Å². The van der Waals surface area contributed by atoms with Crippen LogP contribution in [-0.2, 0) is 30.5 Å². The summed E-state index contributed by atoms with van der Waals surface area (Å²) in [4.78, 5) is 54.6. The lowest BCUT2D eigenvalue weighted by Gasteiger charge is -2.62. The summed E-state index contributed by atoms with van der Waals surface area (Å²) in [5.74, 6) is -3.55. The van der Waals surface area contributed by atoms with Crippen molar-refractivity contribution in [2.75, 3.05) is 19.8 Å². The smallest absolute Gasteiger partial charge is 0.407 e. The molecule has 4 aliphatic rings. The minimum atomic E-state index is -2.45. The van der Waals surface area contributed by atoms with Gasteiger partial charge in [-0.15, -0.1) is 0 Å². The third kappa shape index (κ3) is 5.79. The third-order valence-electron chi connectivity index (χ3n) is 10.7. The number of fused-ring (bicyclic) bond motifs is 5. The number of aliphatic hydroxyl groups excluding tert-OH is 2. The average molecular weight is 663 g/mol. The van der Waals surface area contributed by atoms with Gasteiger partial charge in [-0.05, 0) is 68.4 Å². The van der Waals surface area contributed by atoms with Gasteiger partial charge in [-0.2, -0.15) is 0 Å². The van der Waals surface area contributed by atoms with Crippen LogP contribution in [0.4, 0.5) is 9.18 Å². The largest absolute Gasteiger partial charge is 0.460 e. The Bertz CT molecular complexity index is 1500. The summed E-state index contributed by atoms with van der Waals surface area (Å²) in [5.41, 5.74) is -6.25. The minimum absolute atomic E-state index is 0.117. The fraction of sp³-hybridized carbons (Fsp3) is 0.562. The number of ether oxygens (including phenoxy) is 2. The number of benzene rings is 1. The van der Waals surface area contributed by atoms with Crippen LogP contribution in [0.2, 0.25) is 0 Å². The van der Waals surface area contributed by atoms with Crippen molar-refractivity contribution in [3.05, 3.63) is 59.2 Å². The molecule has 0 spiro atoms. The number of allylic oxidation sites excluding steroid dienone is 4. The van der Waals surface area contributed by atoms with E-state index in [-0.39, 0.29) is 50.4 Å². The zero-order valence-corrected chi connectivity index (χ0v) is 25.9. The van der Waals surface area contributed by atoms with Crippen LogP contribution in [0.1, 0.15) is 55.5 Å². The summed E-state index contributed by atoms with van der Waals surface area (Å²) in [6, 6.07) is 5.97. The SMILES string of the molecule is C[C@]12C[C@H](O)[C@@]3(F)[C@@H](CCC4=CC(=O)C=C[C@@]43C)[C@@H]1C[C@@H](O)C2(O)C(=O)COC(=O)NCCOC(=O)c1cccc(CON(O)O)c1. The van der Waals surface area contributed by atoms with Crippen molar-refractivity contribution < 1.29 is 63.6 Å². The molecule has 0 saturated heterocycles. The van der Waals surface area contributed by atoms with Crippen molar-refractivity contribution >= 4 is 23.6 Å². The first-order chi connectivity index (χ1) is 22.1. The first kappa shape index (κ1) is 34.8. The monoisotopic (exact) mass is 662 g/mol. The van der Waals surface area contributed by atoms with Crippen LogP contribution in [0.3, 0.4) is 0 Å². The van der Waals surface area contributed by atoms with Crippen LogP contribution in [-0.4, -0.2) is 98.0 Å². The molecule has 1 unspecified atom stereocenters. The molecule has 0 heterocycles. The maximum absolute atomic E-state index is 17.2. The number of Topliss-reactive ketones (excluding diaryl/α,β-unsaturated/α-hetero) is 1. The highest BCUT2D eigenvalue weighted by molar-refractivity contribution is 6.01. The molecule has 0 radical (unpaired) electrons. The van der Waals surface area contributed by atoms with Crippen molar-refractivity contribution in [1.29, 1.82) is 0 Å². The molecule has 47 heavy (non-hydrogen) atoms. The highest BCUT2D eigenvalue weighted by atomic mass is 19.1. The number of halogens is 1.